The van der Waals surface area contributed by atoms with Crippen molar-refractivity contribution in [2.45, 2.75) is 64.3 Å². The molecule has 5 heteroatoms. The number of aliphatic imine (C=N–C) groups is 1. The molecule has 2 aromatic carbocycles. The van der Waals surface area contributed by atoms with Gasteiger partial charge in [-0.3, -0.25) is 4.99 Å². The van der Waals surface area contributed by atoms with Crippen LogP contribution in [0.4, 0.5) is 0 Å². The van der Waals surface area contributed by atoms with Gasteiger partial charge in [0.1, 0.15) is 5.75 Å². The Bertz CT molecular complexity index is 766. The summed E-state index contributed by atoms with van der Waals surface area (Å²) in [5.74, 6) is 0.369. The van der Waals surface area contributed by atoms with Crippen LogP contribution >= 0.6 is 17.0 Å². The number of para-hydroxylation sites is 1. The molecule has 3 rings (SSSR count). The predicted molar refractivity (Wildman–Crippen MR) is 117 cm³/mol. The second-order valence-corrected chi connectivity index (χ2v) is 11.9. The summed E-state index contributed by atoms with van der Waals surface area (Å²) in [6.45, 7) is 6.39. The normalized spacial score (nSPS) is 15.5. The van der Waals surface area contributed by atoms with E-state index in [0.29, 0.717) is 11.8 Å². The van der Waals surface area contributed by atoms with Crippen molar-refractivity contribution in [1.29, 1.82) is 0 Å². The monoisotopic (exact) mass is 495 g/mol. The molecule has 1 N–H and O–H groups in total. The molecule has 0 amide bonds. The van der Waals surface area contributed by atoms with Crippen LogP contribution in [0.2, 0.25) is 0 Å². The van der Waals surface area contributed by atoms with Gasteiger partial charge in [0.05, 0.1) is 11.8 Å². The number of halogens is 2. The van der Waals surface area contributed by atoms with E-state index in [1.54, 1.807) is 0 Å². The van der Waals surface area contributed by atoms with Gasteiger partial charge in [0.2, 0.25) is 0 Å². The van der Waals surface area contributed by atoms with E-state index >= 15 is 0 Å². The van der Waals surface area contributed by atoms with E-state index in [0.717, 1.165) is 35.2 Å². The number of rotatable bonds is 3. The molecular formula is C23H29Cl2NOZr. The van der Waals surface area contributed by atoms with Gasteiger partial charge in [-0.15, -0.1) is 0 Å². The Hall–Kier alpha value is -0.627. The number of phenolic OH excluding ortho intramolecular Hbond substituents is 1. The third-order valence-electron chi connectivity index (χ3n) is 5.03. The maximum atomic E-state index is 11.0. The summed E-state index contributed by atoms with van der Waals surface area (Å²) in [6.07, 6.45) is 6.12. The fraction of sp³-hybridized carbons (Fsp3) is 0.435. The van der Waals surface area contributed by atoms with E-state index in [4.69, 9.17) is 22.0 Å². The van der Waals surface area contributed by atoms with E-state index in [1.807, 2.05) is 36.4 Å². The molecule has 0 saturated heterocycles. The first-order valence-corrected chi connectivity index (χ1v) is 16.1. The first kappa shape index (κ1) is 23.7. The van der Waals surface area contributed by atoms with Gasteiger partial charge in [-0.25, -0.2) is 0 Å². The Morgan fingerprint density at radius 3 is 2.14 bits per heavy atom. The number of phenols is 1. The van der Waals surface area contributed by atoms with Crippen LogP contribution in [0.15, 0.2) is 53.5 Å². The van der Waals surface area contributed by atoms with Gasteiger partial charge in [-0.1, -0.05) is 82.5 Å². The third-order valence-corrected chi connectivity index (χ3v) is 5.03. The number of benzene rings is 2. The zero-order chi connectivity index (χ0) is 20.6. The van der Waals surface area contributed by atoms with Gasteiger partial charge in [0.15, 0.2) is 0 Å². The zero-order valence-electron chi connectivity index (χ0n) is 16.9. The van der Waals surface area contributed by atoms with Gasteiger partial charge in [0, 0.05) is 11.1 Å². The molecule has 2 aromatic rings. The Morgan fingerprint density at radius 2 is 1.57 bits per heavy atom. The van der Waals surface area contributed by atoms with Crippen LogP contribution in [0.5, 0.6) is 5.75 Å². The van der Waals surface area contributed by atoms with Crippen molar-refractivity contribution in [2.24, 2.45) is 4.99 Å². The number of hydrogen-bond donors (Lipinski definition) is 1. The van der Waals surface area contributed by atoms with E-state index in [9.17, 15) is 5.11 Å². The fourth-order valence-corrected chi connectivity index (χ4v) is 3.63. The first-order valence-electron chi connectivity index (χ1n) is 9.80. The SMILES string of the molecule is CC(C)(C)c1cccc(C(=NC2CCCCC2)c2ccccc2)c1O.[Cl][Zr][Cl]. The van der Waals surface area contributed by atoms with Crippen molar-refractivity contribution in [3.63, 3.8) is 0 Å². The molecule has 28 heavy (non-hydrogen) atoms. The van der Waals surface area contributed by atoms with Gasteiger partial charge in [-0.05, 0) is 29.9 Å². The molecule has 1 saturated carbocycles. The van der Waals surface area contributed by atoms with Crippen LogP contribution in [0.1, 0.15) is 69.6 Å². The second-order valence-electron chi connectivity index (χ2n) is 8.16. The minimum atomic E-state index is -0.826. The average molecular weight is 498 g/mol. The van der Waals surface area contributed by atoms with Crippen LogP contribution in [0.25, 0.3) is 0 Å². The zero-order valence-corrected chi connectivity index (χ0v) is 20.9. The molecule has 0 atom stereocenters. The molecule has 1 aliphatic rings. The van der Waals surface area contributed by atoms with Crippen LogP contribution in [-0.2, 0) is 26.3 Å². The van der Waals surface area contributed by atoms with Gasteiger partial charge >= 0.3 is 37.9 Å². The van der Waals surface area contributed by atoms with Crippen molar-refractivity contribution in [3.05, 3.63) is 65.2 Å². The van der Waals surface area contributed by atoms with E-state index in [1.165, 1.54) is 19.3 Å². The number of nitrogens with zero attached hydrogens (tertiary/aromatic N) is 1. The summed E-state index contributed by atoms with van der Waals surface area (Å²) in [6, 6.07) is 16.7. The van der Waals surface area contributed by atoms with Crippen molar-refractivity contribution in [2.75, 3.05) is 0 Å². The molecule has 1 aliphatic carbocycles. The van der Waals surface area contributed by atoms with Crippen LogP contribution in [-0.4, -0.2) is 16.9 Å². The molecule has 2 nitrogen and oxygen atoms in total. The topological polar surface area (TPSA) is 32.6 Å². The Morgan fingerprint density at radius 1 is 0.964 bits per heavy atom. The van der Waals surface area contributed by atoms with Crippen LogP contribution in [0, 0.1) is 0 Å². The van der Waals surface area contributed by atoms with Crippen LogP contribution < -0.4 is 0 Å². The molecule has 0 aromatic heterocycles. The minimum absolute atomic E-state index is 0.104. The van der Waals surface area contributed by atoms with Crippen molar-refractivity contribution >= 4 is 22.7 Å². The quantitative estimate of drug-likeness (QED) is 0.446. The molecule has 0 heterocycles. The first-order chi connectivity index (χ1) is 13.4. The molecular weight excluding hydrogens is 468 g/mol. The number of hydrogen-bond acceptors (Lipinski definition) is 2. The summed E-state index contributed by atoms with van der Waals surface area (Å²) in [5, 5.41) is 11.0. The molecule has 1 fully saturated rings. The Labute approximate surface area is 188 Å². The molecule has 0 spiro atoms. The van der Waals surface area contributed by atoms with Crippen molar-refractivity contribution in [3.8, 4) is 5.75 Å². The van der Waals surface area contributed by atoms with E-state index in [2.05, 4.69) is 32.9 Å². The second kappa shape index (κ2) is 11.5. The molecule has 0 unspecified atom stereocenters. The predicted octanol–water partition coefficient (Wildman–Crippen LogP) is 7.24. The van der Waals surface area contributed by atoms with Gasteiger partial charge < -0.3 is 5.11 Å². The molecule has 0 aliphatic heterocycles. The number of aromatic hydroxyl groups is 1. The fourth-order valence-electron chi connectivity index (χ4n) is 3.63. The summed E-state index contributed by atoms with van der Waals surface area (Å²) >= 11 is -0.826. The van der Waals surface area contributed by atoms with E-state index < -0.39 is 20.8 Å². The van der Waals surface area contributed by atoms with Crippen molar-refractivity contribution in [1.82, 2.24) is 0 Å². The van der Waals surface area contributed by atoms with Crippen molar-refractivity contribution < 1.29 is 26.0 Å². The Balaban J connectivity index is 0.000000878. The average Bonchev–Trinajstić information content (AvgIpc) is 2.68. The van der Waals surface area contributed by atoms with Crippen LogP contribution in [0.3, 0.4) is 0 Å². The summed E-state index contributed by atoms with van der Waals surface area (Å²) < 4.78 is 0. The van der Waals surface area contributed by atoms with Gasteiger partial charge in [0.25, 0.3) is 0 Å². The third kappa shape index (κ3) is 6.72. The maximum absolute atomic E-state index is 11.0. The molecule has 0 radical (unpaired) electrons. The van der Waals surface area contributed by atoms with Gasteiger partial charge in [-0.2, -0.15) is 0 Å². The standard InChI is InChI=1S/C23H29NO.2ClH.Zr/c1-23(2,3)20-16-10-15-19(22(20)25)21(17-11-6-4-7-12-17)24-18-13-8-5-9-14-18;;;/h4,6-7,10-12,15-16,18,25H,5,8-9,13-14H2,1-3H3;2*1H;/q;;;+2/p-2. The molecule has 0 bridgehead atoms. The summed E-state index contributed by atoms with van der Waals surface area (Å²) in [5.41, 5.74) is 3.72. The van der Waals surface area contributed by atoms with E-state index in [-0.39, 0.29) is 5.41 Å². The Kier molecular flexibility index (Phi) is 9.74. The molecule has 150 valence electrons. The summed E-state index contributed by atoms with van der Waals surface area (Å²) in [7, 11) is 9.87. The summed E-state index contributed by atoms with van der Waals surface area (Å²) in [4.78, 5) is 5.12.